The van der Waals surface area contributed by atoms with Crippen molar-refractivity contribution >= 4 is 23.3 Å². The summed E-state index contributed by atoms with van der Waals surface area (Å²) in [7, 11) is 0. The van der Waals surface area contributed by atoms with Gasteiger partial charge in [0.05, 0.1) is 5.75 Å². The normalized spacial score (nSPS) is 11.3. The van der Waals surface area contributed by atoms with Gasteiger partial charge in [-0.3, -0.25) is 9.59 Å². The molecule has 0 spiro atoms. The van der Waals surface area contributed by atoms with Crippen molar-refractivity contribution in [3.8, 4) is 5.75 Å². The number of thioether (sulfide) groups is 1. The SMILES string of the molecule is CCn1c(CCC(=O)COc2ccc(C(C)C)cc2)nnc1SCC(=O)Cc1ccccc1C(C)C. The van der Waals surface area contributed by atoms with Crippen LogP contribution in [0.3, 0.4) is 0 Å². The van der Waals surface area contributed by atoms with Crippen LogP contribution in [0.1, 0.15) is 75.4 Å². The number of ketones is 2. The highest BCUT2D eigenvalue weighted by Gasteiger charge is 2.16. The monoisotopic (exact) mass is 507 g/mol. The molecule has 0 amide bonds. The predicted molar refractivity (Wildman–Crippen MR) is 145 cm³/mol. The molecule has 3 aromatic rings. The zero-order chi connectivity index (χ0) is 26.1. The molecular formula is C29H37N3O3S. The molecule has 0 radical (unpaired) electrons. The van der Waals surface area contributed by atoms with E-state index in [-0.39, 0.29) is 18.2 Å². The standard InChI is InChI=1S/C29H37N3O3S/c1-6-32-28(16-13-24(33)18-35-26-14-11-22(12-15-26)20(2)3)30-31-29(32)36-19-25(34)17-23-9-7-8-10-27(23)21(4)5/h7-12,14-15,20-21H,6,13,16-19H2,1-5H3. The Morgan fingerprint density at radius 1 is 0.944 bits per heavy atom. The Morgan fingerprint density at radius 2 is 1.67 bits per heavy atom. The molecule has 7 heteroatoms. The number of hydrogen-bond donors (Lipinski definition) is 0. The largest absolute Gasteiger partial charge is 0.486 e. The number of aryl methyl sites for hydroxylation is 1. The zero-order valence-electron chi connectivity index (χ0n) is 22.0. The maximum Gasteiger partial charge on any atom is 0.191 e. The van der Waals surface area contributed by atoms with Crippen LogP contribution in [-0.2, 0) is 29.0 Å². The number of ether oxygens (including phenoxy) is 1. The van der Waals surface area contributed by atoms with Crippen LogP contribution in [0.2, 0.25) is 0 Å². The highest BCUT2D eigenvalue weighted by atomic mass is 32.2. The van der Waals surface area contributed by atoms with Crippen LogP contribution in [0.15, 0.2) is 53.7 Å². The lowest BCUT2D eigenvalue weighted by atomic mass is 9.94. The summed E-state index contributed by atoms with van der Waals surface area (Å²) in [5.41, 5.74) is 3.55. The van der Waals surface area contributed by atoms with Gasteiger partial charge >= 0.3 is 0 Å². The average molecular weight is 508 g/mol. The molecule has 0 bridgehead atoms. The van der Waals surface area contributed by atoms with Crippen LogP contribution < -0.4 is 4.74 Å². The van der Waals surface area contributed by atoms with Crippen LogP contribution >= 0.6 is 11.8 Å². The molecule has 0 unspecified atom stereocenters. The van der Waals surface area contributed by atoms with Crippen molar-refractivity contribution in [3.05, 3.63) is 71.0 Å². The third kappa shape index (κ3) is 7.79. The van der Waals surface area contributed by atoms with Gasteiger partial charge in [0.2, 0.25) is 0 Å². The van der Waals surface area contributed by atoms with Crippen molar-refractivity contribution < 1.29 is 14.3 Å². The molecule has 0 aliphatic rings. The van der Waals surface area contributed by atoms with Crippen LogP contribution in [0.25, 0.3) is 0 Å². The molecule has 1 heterocycles. The first kappa shape index (κ1) is 27.7. The summed E-state index contributed by atoms with van der Waals surface area (Å²) < 4.78 is 7.64. The van der Waals surface area contributed by atoms with E-state index in [1.54, 1.807) is 0 Å². The molecular weight excluding hydrogens is 470 g/mol. The van der Waals surface area contributed by atoms with E-state index >= 15 is 0 Å². The fourth-order valence-electron chi connectivity index (χ4n) is 4.03. The molecule has 192 valence electrons. The lowest BCUT2D eigenvalue weighted by Gasteiger charge is -2.12. The molecule has 3 rings (SSSR count). The Hall–Kier alpha value is -2.93. The molecule has 6 nitrogen and oxygen atoms in total. The molecule has 2 aromatic carbocycles. The van der Waals surface area contributed by atoms with Gasteiger partial charge in [0.25, 0.3) is 0 Å². The number of aromatic nitrogens is 3. The Balaban J connectivity index is 1.49. The first-order chi connectivity index (χ1) is 17.3. The van der Waals surface area contributed by atoms with Crippen molar-refractivity contribution in [2.24, 2.45) is 0 Å². The molecule has 0 aliphatic carbocycles. The molecule has 0 fully saturated rings. The maximum absolute atomic E-state index is 12.7. The van der Waals surface area contributed by atoms with E-state index < -0.39 is 0 Å². The molecule has 0 N–H and O–H groups in total. The van der Waals surface area contributed by atoms with Gasteiger partial charge in [-0.15, -0.1) is 10.2 Å². The Kier molecular flexibility index (Phi) is 10.3. The summed E-state index contributed by atoms with van der Waals surface area (Å²) in [6, 6.07) is 16.0. The second-order valence-electron chi connectivity index (χ2n) is 9.55. The summed E-state index contributed by atoms with van der Waals surface area (Å²) >= 11 is 1.41. The van der Waals surface area contributed by atoms with E-state index in [0.717, 1.165) is 11.4 Å². The molecule has 1 aromatic heterocycles. The van der Waals surface area contributed by atoms with E-state index in [1.165, 1.54) is 22.9 Å². The minimum Gasteiger partial charge on any atom is -0.486 e. The van der Waals surface area contributed by atoms with E-state index in [4.69, 9.17) is 4.74 Å². The van der Waals surface area contributed by atoms with Crippen molar-refractivity contribution in [1.29, 1.82) is 0 Å². The van der Waals surface area contributed by atoms with Crippen LogP contribution in [0.5, 0.6) is 5.75 Å². The molecule has 0 atom stereocenters. The highest BCUT2D eigenvalue weighted by molar-refractivity contribution is 7.99. The van der Waals surface area contributed by atoms with E-state index in [9.17, 15) is 9.59 Å². The van der Waals surface area contributed by atoms with Gasteiger partial charge in [-0.2, -0.15) is 0 Å². The summed E-state index contributed by atoms with van der Waals surface area (Å²) in [4.78, 5) is 25.1. The first-order valence-corrected chi connectivity index (χ1v) is 13.7. The van der Waals surface area contributed by atoms with Gasteiger partial charge in [-0.1, -0.05) is 75.9 Å². The lowest BCUT2D eigenvalue weighted by Crippen LogP contribution is -2.14. The second-order valence-corrected chi connectivity index (χ2v) is 10.5. The van der Waals surface area contributed by atoms with Gasteiger partial charge in [-0.25, -0.2) is 0 Å². The van der Waals surface area contributed by atoms with Crippen molar-refractivity contribution in [2.45, 2.75) is 77.4 Å². The third-order valence-electron chi connectivity index (χ3n) is 6.11. The van der Waals surface area contributed by atoms with Gasteiger partial charge in [0.15, 0.2) is 10.9 Å². The second kappa shape index (κ2) is 13.4. The molecule has 0 aliphatic heterocycles. The van der Waals surface area contributed by atoms with Crippen molar-refractivity contribution in [3.63, 3.8) is 0 Å². The molecule has 0 saturated carbocycles. The van der Waals surface area contributed by atoms with Crippen molar-refractivity contribution in [1.82, 2.24) is 14.8 Å². The van der Waals surface area contributed by atoms with Gasteiger partial charge in [-0.05, 0) is 47.6 Å². The number of hydrogen-bond acceptors (Lipinski definition) is 6. The number of carbonyl (C=O) groups excluding carboxylic acids is 2. The number of nitrogens with zero attached hydrogens (tertiary/aromatic N) is 3. The minimum atomic E-state index is 0.0155. The third-order valence-corrected chi connectivity index (χ3v) is 7.14. The Labute approximate surface area is 218 Å². The maximum atomic E-state index is 12.7. The smallest absolute Gasteiger partial charge is 0.191 e. The summed E-state index contributed by atoms with van der Waals surface area (Å²) in [5, 5.41) is 9.29. The van der Waals surface area contributed by atoms with Crippen LogP contribution in [-0.4, -0.2) is 38.7 Å². The summed E-state index contributed by atoms with van der Waals surface area (Å²) in [6.45, 7) is 11.3. The summed E-state index contributed by atoms with van der Waals surface area (Å²) in [5.74, 6) is 2.81. The lowest BCUT2D eigenvalue weighted by molar-refractivity contribution is -0.121. The molecule has 0 saturated heterocycles. The zero-order valence-corrected chi connectivity index (χ0v) is 22.8. The fourth-order valence-corrected chi connectivity index (χ4v) is 4.91. The Bertz CT molecular complexity index is 1150. The topological polar surface area (TPSA) is 74.1 Å². The quantitative estimate of drug-likeness (QED) is 0.248. The van der Waals surface area contributed by atoms with E-state index in [2.05, 4.69) is 44.0 Å². The summed E-state index contributed by atoms with van der Waals surface area (Å²) in [6.07, 6.45) is 1.24. The number of rotatable bonds is 14. The van der Waals surface area contributed by atoms with Gasteiger partial charge in [0, 0.05) is 25.8 Å². The average Bonchev–Trinajstić information content (AvgIpc) is 3.27. The Morgan fingerprint density at radius 3 is 2.33 bits per heavy atom. The number of carbonyl (C=O) groups is 2. The highest BCUT2D eigenvalue weighted by Crippen LogP contribution is 2.23. The van der Waals surface area contributed by atoms with E-state index in [0.29, 0.717) is 54.3 Å². The predicted octanol–water partition coefficient (Wildman–Crippen LogP) is 6.03. The minimum absolute atomic E-state index is 0.0155. The van der Waals surface area contributed by atoms with Crippen LogP contribution in [0, 0.1) is 0 Å². The first-order valence-electron chi connectivity index (χ1n) is 12.7. The fraction of sp³-hybridized carbons (Fsp3) is 0.448. The van der Waals surface area contributed by atoms with Gasteiger partial charge in [0.1, 0.15) is 24.0 Å². The van der Waals surface area contributed by atoms with Gasteiger partial charge < -0.3 is 9.30 Å². The number of benzene rings is 2. The van der Waals surface area contributed by atoms with E-state index in [1.807, 2.05) is 54.0 Å². The van der Waals surface area contributed by atoms with Crippen LogP contribution in [0.4, 0.5) is 0 Å². The molecule has 36 heavy (non-hydrogen) atoms. The number of Topliss-reactive ketones (excluding diaryl/α,β-unsaturated/α-hetero) is 2. The van der Waals surface area contributed by atoms with Crippen molar-refractivity contribution in [2.75, 3.05) is 12.4 Å².